The molecule has 0 unspecified atom stereocenters. The zero-order chi connectivity index (χ0) is 19.6. The topological polar surface area (TPSA) is 46.9 Å². The van der Waals surface area contributed by atoms with E-state index in [1.54, 1.807) is 16.8 Å². The molecule has 0 aliphatic heterocycles. The van der Waals surface area contributed by atoms with Gasteiger partial charge >= 0.3 is 0 Å². The van der Waals surface area contributed by atoms with Gasteiger partial charge in [0.15, 0.2) is 0 Å². The molecule has 0 aliphatic carbocycles. The van der Waals surface area contributed by atoms with Gasteiger partial charge in [0.2, 0.25) is 5.91 Å². The van der Waals surface area contributed by atoms with Crippen molar-refractivity contribution in [1.29, 1.82) is 0 Å². The van der Waals surface area contributed by atoms with E-state index in [9.17, 15) is 4.79 Å². The summed E-state index contributed by atoms with van der Waals surface area (Å²) in [5, 5.41) is 9.10. The number of rotatable bonds is 5. The summed E-state index contributed by atoms with van der Waals surface area (Å²) >= 11 is 18.5. The van der Waals surface area contributed by atoms with E-state index in [1.165, 1.54) is 6.08 Å². The lowest BCUT2D eigenvalue weighted by Crippen LogP contribution is -2.20. The minimum absolute atomic E-state index is 0.262. The monoisotopic (exact) mass is 419 g/mol. The minimum Gasteiger partial charge on any atom is -0.347 e. The van der Waals surface area contributed by atoms with Crippen LogP contribution in [-0.2, 0) is 11.3 Å². The third kappa shape index (κ3) is 4.19. The molecule has 0 atom stereocenters. The number of benzene rings is 2. The Balaban J connectivity index is 2.16. The molecule has 0 bridgehead atoms. The Kier molecular flexibility index (Phi) is 5.90. The van der Waals surface area contributed by atoms with E-state index in [2.05, 4.69) is 17.0 Å². The summed E-state index contributed by atoms with van der Waals surface area (Å²) in [6.07, 6.45) is 1.22. The SMILES string of the molecule is C=CC(=O)NCc1nn(-c2ccc(Cl)cc2Cl)c(-c2ccc(Cl)cc2)c1C. The maximum atomic E-state index is 11.5. The second-order valence-electron chi connectivity index (χ2n) is 5.86. The lowest BCUT2D eigenvalue weighted by molar-refractivity contribution is -0.116. The molecule has 0 saturated heterocycles. The number of halogens is 3. The van der Waals surface area contributed by atoms with E-state index in [0.717, 1.165) is 22.5 Å². The van der Waals surface area contributed by atoms with Crippen molar-refractivity contribution in [3.63, 3.8) is 0 Å². The average Bonchev–Trinajstić information content (AvgIpc) is 2.96. The molecule has 1 N–H and O–H groups in total. The molecule has 1 heterocycles. The first-order chi connectivity index (χ1) is 12.9. The van der Waals surface area contributed by atoms with E-state index < -0.39 is 0 Å². The first kappa shape index (κ1) is 19.5. The van der Waals surface area contributed by atoms with Crippen molar-refractivity contribution in [2.75, 3.05) is 0 Å². The minimum atomic E-state index is -0.262. The first-order valence-corrected chi connectivity index (χ1v) is 9.24. The molecule has 3 aromatic rings. The van der Waals surface area contributed by atoms with Gasteiger partial charge in [0.05, 0.1) is 28.6 Å². The highest BCUT2D eigenvalue weighted by Crippen LogP contribution is 2.33. The Morgan fingerprint density at radius 1 is 1.15 bits per heavy atom. The third-order valence-electron chi connectivity index (χ3n) is 4.09. The zero-order valence-electron chi connectivity index (χ0n) is 14.5. The van der Waals surface area contributed by atoms with Crippen molar-refractivity contribution < 1.29 is 4.79 Å². The van der Waals surface area contributed by atoms with Crippen LogP contribution in [0.3, 0.4) is 0 Å². The molecule has 0 spiro atoms. The normalized spacial score (nSPS) is 10.7. The van der Waals surface area contributed by atoms with Gasteiger partial charge in [0.25, 0.3) is 0 Å². The number of nitrogens with one attached hydrogen (secondary N) is 1. The fraction of sp³-hybridized carbons (Fsp3) is 0.100. The summed E-state index contributed by atoms with van der Waals surface area (Å²) in [6, 6.07) is 12.7. The van der Waals surface area contributed by atoms with Crippen LogP contribution in [0.5, 0.6) is 0 Å². The lowest BCUT2D eigenvalue weighted by atomic mass is 10.1. The number of carbonyl (C=O) groups is 1. The van der Waals surface area contributed by atoms with Gasteiger partial charge in [-0.25, -0.2) is 4.68 Å². The fourth-order valence-corrected chi connectivity index (χ4v) is 3.34. The standard InChI is InChI=1S/C20H16Cl3N3O/c1-3-19(27)24-11-17-12(2)20(13-4-6-14(21)7-5-13)26(25-17)18-9-8-15(22)10-16(18)23/h3-10H,1,11H2,2H3,(H,24,27). The lowest BCUT2D eigenvalue weighted by Gasteiger charge is -2.11. The van der Waals surface area contributed by atoms with Gasteiger partial charge in [0.1, 0.15) is 0 Å². The summed E-state index contributed by atoms with van der Waals surface area (Å²) in [7, 11) is 0. The van der Waals surface area contributed by atoms with Gasteiger partial charge < -0.3 is 5.32 Å². The van der Waals surface area contributed by atoms with E-state index in [0.29, 0.717) is 20.8 Å². The van der Waals surface area contributed by atoms with Crippen molar-refractivity contribution >= 4 is 40.7 Å². The molecule has 0 aliphatic rings. The first-order valence-electron chi connectivity index (χ1n) is 8.11. The molecule has 7 heteroatoms. The van der Waals surface area contributed by atoms with Crippen LogP contribution in [0.15, 0.2) is 55.1 Å². The van der Waals surface area contributed by atoms with E-state index in [-0.39, 0.29) is 12.5 Å². The van der Waals surface area contributed by atoms with Crippen LogP contribution in [0.1, 0.15) is 11.3 Å². The summed E-state index contributed by atoms with van der Waals surface area (Å²) in [6.45, 7) is 5.69. The molecular weight excluding hydrogens is 405 g/mol. The van der Waals surface area contributed by atoms with Gasteiger partial charge in [-0.3, -0.25) is 4.79 Å². The predicted octanol–water partition coefficient (Wildman–Crippen LogP) is 5.61. The van der Waals surface area contributed by atoms with Crippen LogP contribution in [-0.4, -0.2) is 15.7 Å². The average molecular weight is 421 g/mol. The molecule has 0 fully saturated rings. The molecule has 138 valence electrons. The molecule has 0 saturated carbocycles. The van der Waals surface area contributed by atoms with Gasteiger partial charge in [-0.2, -0.15) is 5.10 Å². The van der Waals surface area contributed by atoms with Crippen LogP contribution in [0.4, 0.5) is 0 Å². The van der Waals surface area contributed by atoms with Crippen LogP contribution < -0.4 is 5.32 Å². The van der Waals surface area contributed by atoms with Crippen LogP contribution in [0.2, 0.25) is 15.1 Å². The third-order valence-corrected chi connectivity index (χ3v) is 4.88. The summed E-state index contributed by atoms with van der Waals surface area (Å²) in [4.78, 5) is 11.5. The van der Waals surface area contributed by atoms with E-state index in [1.807, 2.05) is 37.3 Å². The molecule has 1 aromatic heterocycles. The summed E-state index contributed by atoms with van der Waals surface area (Å²) < 4.78 is 1.76. The summed E-state index contributed by atoms with van der Waals surface area (Å²) in [5.74, 6) is -0.262. The Hall–Kier alpha value is -2.27. The van der Waals surface area contributed by atoms with Crippen molar-refractivity contribution in [3.05, 3.63) is 81.4 Å². The van der Waals surface area contributed by atoms with Gasteiger partial charge in [-0.1, -0.05) is 53.5 Å². The Bertz CT molecular complexity index is 1010. The molecule has 2 aromatic carbocycles. The highest BCUT2D eigenvalue weighted by molar-refractivity contribution is 6.35. The second-order valence-corrected chi connectivity index (χ2v) is 7.14. The molecule has 0 radical (unpaired) electrons. The van der Waals surface area contributed by atoms with Gasteiger partial charge in [0, 0.05) is 21.2 Å². The highest BCUT2D eigenvalue weighted by atomic mass is 35.5. The molecule has 27 heavy (non-hydrogen) atoms. The maximum absolute atomic E-state index is 11.5. The van der Waals surface area contributed by atoms with Crippen LogP contribution >= 0.6 is 34.8 Å². The van der Waals surface area contributed by atoms with Crippen LogP contribution in [0, 0.1) is 6.92 Å². The smallest absolute Gasteiger partial charge is 0.243 e. The Labute approximate surface area is 172 Å². The number of amides is 1. The fourth-order valence-electron chi connectivity index (χ4n) is 2.73. The van der Waals surface area contributed by atoms with Gasteiger partial charge in [-0.05, 0) is 43.3 Å². The summed E-state index contributed by atoms with van der Waals surface area (Å²) in [5.41, 5.74) is 4.12. The second kappa shape index (κ2) is 8.17. The van der Waals surface area contributed by atoms with Crippen molar-refractivity contribution in [1.82, 2.24) is 15.1 Å². The quantitative estimate of drug-likeness (QED) is 0.545. The largest absolute Gasteiger partial charge is 0.347 e. The van der Waals surface area contributed by atoms with Crippen molar-refractivity contribution in [2.45, 2.75) is 13.5 Å². The Morgan fingerprint density at radius 3 is 2.44 bits per heavy atom. The maximum Gasteiger partial charge on any atom is 0.243 e. The van der Waals surface area contributed by atoms with Crippen LogP contribution in [0.25, 0.3) is 16.9 Å². The number of aromatic nitrogens is 2. The molecule has 1 amide bonds. The Morgan fingerprint density at radius 2 is 1.81 bits per heavy atom. The highest BCUT2D eigenvalue weighted by Gasteiger charge is 2.19. The molecular formula is C20H16Cl3N3O. The number of hydrogen-bond donors (Lipinski definition) is 1. The predicted molar refractivity (Wildman–Crippen MR) is 111 cm³/mol. The van der Waals surface area contributed by atoms with Crippen molar-refractivity contribution in [2.24, 2.45) is 0 Å². The number of carbonyl (C=O) groups excluding carboxylic acids is 1. The number of nitrogens with zero attached hydrogens (tertiary/aromatic N) is 2. The molecule has 3 rings (SSSR count). The van der Waals surface area contributed by atoms with Gasteiger partial charge in [-0.15, -0.1) is 0 Å². The number of hydrogen-bond acceptors (Lipinski definition) is 2. The molecule has 4 nitrogen and oxygen atoms in total. The van der Waals surface area contributed by atoms with E-state index >= 15 is 0 Å². The van der Waals surface area contributed by atoms with Crippen molar-refractivity contribution in [3.8, 4) is 16.9 Å². The zero-order valence-corrected chi connectivity index (χ0v) is 16.7. The van der Waals surface area contributed by atoms with E-state index in [4.69, 9.17) is 34.8 Å².